The maximum absolute atomic E-state index is 11.0. The van der Waals surface area contributed by atoms with Crippen molar-refractivity contribution in [2.45, 2.75) is 51.4 Å². The van der Waals surface area contributed by atoms with Gasteiger partial charge in [0, 0.05) is 11.8 Å². The van der Waals surface area contributed by atoms with E-state index in [4.69, 9.17) is 10.1 Å². The zero-order valence-electron chi connectivity index (χ0n) is 13.3. The van der Waals surface area contributed by atoms with Crippen molar-refractivity contribution in [1.29, 1.82) is 0 Å². The highest BCUT2D eigenvalue weighted by atomic mass is 32.1. The lowest BCUT2D eigenvalue weighted by Crippen LogP contribution is -2.07. The zero-order chi connectivity index (χ0) is 16.1. The molecule has 0 unspecified atom stereocenters. The highest BCUT2D eigenvalue weighted by molar-refractivity contribution is 7.09. The normalized spacial score (nSPS) is 15.7. The Balaban J connectivity index is 1.56. The molecule has 0 bridgehead atoms. The number of hydrogen-bond donors (Lipinski definition) is 1. The van der Waals surface area contributed by atoms with Gasteiger partial charge in [-0.3, -0.25) is 0 Å². The fourth-order valence-electron chi connectivity index (χ4n) is 3.36. The summed E-state index contributed by atoms with van der Waals surface area (Å²) in [4.78, 5) is 15.8. The van der Waals surface area contributed by atoms with E-state index in [1.54, 1.807) is 29.5 Å². The van der Waals surface area contributed by atoms with Crippen LogP contribution in [-0.4, -0.2) is 16.1 Å². The van der Waals surface area contributed by atoms with Crippen molar-refractivity contribution in [3.63, 3.8) is 0 Å². The molecule has 1 aliphatic rings. The number of aryl methyl sites for hydroxylation is 1. The molecule has 1 aromatic carbocycles. The largest absolute Gasteiger partial charge is 0.478 e. The van der Waals surface area contributed by atoms with Crippen molar-refractivity contribution in [2.24, 2.45) is 5.92 Å². The molecule has 1 N–H and O–H groups in total. The molecule has 0 aliphatic heterocycles. The van der Waals surface area contributed by atoms with Gasteiger partial charge in [-0.05, 0) is 36.5 Å². The molecule has 0 atom stereocenters. The van der Waals surface area contributed by atoms with Crippen LogP contribution in [0, 0.1) is 5.92 Å². The third-order valence-electron chi connectivity index (χ3n) is 4.66. The van der Waals surface area contributed by atoms with Gasteiger partial charge in [0.05, 0.1) is 16.3 Å². The lowest BCUT2D eigenvalue weighted by Gasteiger charge is -2.20. The fourth-order valence-corrected chi connectivity index (χ4v) is 4.22. The van der Waals surface area contributed by atoms with Gasteiger partial charge in [0.15, 0.2) is 0 Å². The highest BCUT2D eigenvalue weighted by Gasteiger charge is 2.14. The average molecular weight is 329 g/mol. The second kappa shape index (κ2) is 7.73. The van der Waals surface area contributed by atoms with Gasteiger partial charge in [-0.1, -0.05) is 44.2 Å². The number of rotatable bonds is 6. The van der Waals surface area contributed by atoms with Crippen LogP contribution < -0.4 is 0 Å². The Hall–Kier alpha value is -1.68. The van der Waals surface area contributed by atoms with Crippen LogP contribution in [0.2, 0.25) is 0 Å². The summed E-state index contributed by atoms with van der Waals surface area (Å²) < 4.78 is 0. The molecule has 3 nitrogen and oxygen atoms in total. The minimum Gasteiger partial charge on any atom is -0.478 e. The predicted octanol–water partition coefficient (Wildman–Crippen LogP) is 4.95. The molecule has 1 saturated carbocycles. The van der Waals surface area contributed by atoms with Crippen molar-refractivity contribution in [2.75, 3.05) is 0 Å². The number of aromatic carboxylic acids is 1. The Labute approximate surface area is 141 Å². The second-order valence-corrected chi connectivity index (χ2v) is 7.40. The Morgan fingerprint density at radius 2 is 2.09 bits per heavy atom. The van der Waals surface area contributed by atoms with Gasteiger partial charge in [0.2, 0.25) is 0 Å². The van der Waals surface area contributed by atoms with Gasteiger partial charge in [-0.2, -0.15) is 0 Å². The standard InChI is InChI=1S/C19H23NO2S/c21-19(22)16-8-4-7-15(11-16)12-18-20-17(13-23-18)10-9-14-5-2-1-3-6-14/h4,7-8,11,13-14H,1-3,5-6,9-10,12H2,(H,21,22). The van der Waals surface area contributed by atoms with E-state index in [9.17, 15) is 4.79 Å². The van der Waals surface area contributed by atoms with Crippen LogP contribution in [0.1, 0.15) is 65.1 Å². The molecule has 0 radical (unpaired) electrons. The summed E-state index contributed by atoms with van der Waals surface area (Å²) in [6.07, 6.45) is 10.0. The topological polar surface area (TPSA) is 50.2 Å². The Morgan fingerprint density at radius 1 is 1.26 bits per heavy atom. The van der Waals surface area contributed by atoms with E-state index in [2.05, 4.69) is 5.38 Å². The third-order valence-corrected chi connectivity index (χ3v) is 5.56. The molecule has 1 aromatic heterocycles. The van der Waals surface area contributed by atoms with E-state index in [0.29, 0.717) is 5.56 Å². The van der Waals surface area contributed by atoms with Crippen LogP contribution in [0.4, 0.5) is 0 Å². The van der Waals surface area contributed by atoms with E-state index < -0.39 is 5.97 Å². The summed E-state index contributed by atoms with van der Waals surface area (Å²) in [7, 11) is 0. The number of benzene rings is 1. The van der Waals surface area contributed by atoms with Crippen molar-refractivity contribution < 1.29 is 9.90 Å². The van der Waals surface area contributed by atoms with Gasteiger partial charge in [-0.15, -0.1) is 11.3 Å². The first-order valence-electron chi connectivity index (χ1n) is 8.46. The maximum atomic E-state index is 11.0. The lowest BCUT2D eigenvalue weighted by atomic mass is 9.86. The number of carboxylic acid groups (broad SMARTS) is 1. The SMILES string of the molecule is O=C(O)c1cccc(Cc2nc(CCC3CCCCC3)cs2)c1. The molecule has 0 amide bonds. The summed E-state index contributed by atoms with van der Waals surface area (Å²) in [6.45, 7) is 0. The lowest BCUT2D eigenvalue weighted by molar-refractivity contribution is 0.0697. The molecule has 23 heavy (non-hydrogen) atoms. The third kappa shape index (κ3) is 4.64. The first-order valence-corrected chi connectivity index (χ1v) is 9.34. The first-order chi connectivity index (χ1) is 11.2. The number of nitrogens with zero attached hydrogens (tertiary/aromatic N) is 1. The summed E-state index contributed by atoms with van der Waals surface area (Å²) in [6, 6.07) is 7.14. The second-order valence-electron chi connectivity index (χ2n) is 6.46. The van der Waals surface area contributed by atoms with Crippen molar-refractivity contribution >= 4 is 17.3 Å². The molecule has 1 fully saturated rings. The van der Waals surface area contributed by atoms with Crippen molar-refractivity contribution in [1.82, 2.24) is 4.98 Å². The van der Waals surface area contributed by atoms with Crippen LogP contribution in [0.5, 0.6) is 0 Å². The molecule has 0 spiro atoms. The number of aromatic nitrogens is 1. The molecule has 4 heteroatoms. The average Bonchev–Trinajstić information content (AvgIpc) is 3.01. The first kappa shape index (κ1) is 16.2. The van der Waals surface area contributed by atoms with Crippen LogP contribution in [0.3, 0.4) is 0 Å². The van der Waals surface area contributed by atoms with E-state index in [1.807, 2.05) is 6.07 Å². The van der Waals surface area contributed by atoms with E-state index in [1.165, 1.54) is 44.2 Å². The Bertz CT molecular complexity index is 659. The van der Waals surface area contributed by atoms with Gasteiger partial charge in [0.25, 0.3) is 0 Å². The summed E-state index contributed by atoms with van der Waals surface area (Å²) in [5.41, 5.74) is 2.56. The smallest absolute Gasteiger partial charge is 0.335 e. The molecule has 3 rings (SSSR count). The van der Waals surface area contributed by atoms with Crippen molar-refractivity contribution in [3.05, 3.63) is 51.5 Å². The molecule has 0 saturated heterocycles. The molecular weight excluding hydrogens is 306 g/mol. The minimum absolute atomic E-state index is 0.344. The molecule has 122 valence electrons. The van der Waals surface area contributed by atoms with Crippen molar-refractivity contribution in [3.8, 4) is 0 Å². The predicted molar refractivity (Wildman–Crippen MR) is 93.2 cm³/mol. The van der Waals surface area contributed by atoms with E-state index >= 15 is 0 Å². The van der Waals surface area contributed by atoms with Crippen LogP contribution in [0.25, 0.3) is 0 Å². The monoisotopic (exact) mass is 329 g/mol. The number of hydrogen-bond acceptors (Lipinski definition) is 3. The van der Waals surface area contributed by atoms with Crippen LogP contribution in [-0.2, 0) is 12.8 Å². The quantitative estimate of drug-likeness (QED) is 0.816. The van der Waals surface area contributed by atoms with Gasteiger partial charge >= 0.3 is 5.97 Å². The summed E-state index contributed by atoms with van der Waals surface area (Å²) >= 11 is 1.69. The van der Waals surface area contributed by atoms with Gasteiger partial charge < -0.3 is 5.11 Å². The van der Waals surface area contributed by atoms with Gasteiger partial charge in [-0.25, -0.2) is 9.78 Å². The Kier molecular flexibility index (Phi) is 5.44. The molecule has 1 aliphatic carbocycles. The fraction of sp³-hybridized carbons (Fsp3) is 0.474. The number of carboxylic acids is 1. The van der Waals surface area contributed by atoms with Crippen LogP contribution in [0.15, 0.2) is 29.6 Å². The van der Waals surface area contributed by atoms with E-state index in [-0.39, 0.29) is 0 Å². The maximum Gasteiger partial charge on any atom is 0.335 e. The Morgan fingerprint density at radius 3 is 2.87 bits per heavy atom. The van der Waals surface area contributed by atoms with E-state index in [0.717, 1.165) is 29.3 Å². The molecule has 2 aromatic rings. The summed E-state index contributed by atoms with van der Waals surface area (Å²) in [5.74, 6) is 0.0142. The number of thiazole rings is 1. The molecule has 1 heterocycles. The van der Waals surface area contributed by atoms with Crippen LogP contribution >= 0.6 is 11.3 Å². The highest BCUT2D eigenvalue weighted by Crippen LogP contribution is 2.28. The zero-order valence-corrected chi connectivity index (χ0v) is 14.1. The minimum atomic E-state index is -0.876. The number of carbonyl (C=O) groups is 1. The summed E-state index contributed by atoms with van der Waals surface area (Å²) in [5, 5.41) is 12.3. The molecular formula is C19H23NO2S. The van der Waals surface area contributed by atoms with Gasteiger partial charge in [0.1, 0.15) is 0 Å².